The number of amides is 1. The Morgan fingerprint density at radius 3 is 2.65 bits per heavy atom. The lowest BCUT2D eigenvalue weighted by molar-refractivity contribution is -0.122. The van der Waals surface area contributed by atoms with E-state index in [0.29, 0.717) is 26.3 Å². The summed E-state index contributed by atoms with van der Waals surface area (Å²) in [4.78, 5) is 11.2. The zero-order valence-electron chi connectivity index (χ0n) is 10.1. The van der Waals surface area contributed by atoms with Crippen molar-refractivity contribution in [2.75, 3.05) is 38.6 Å². The van der Waals surface area contributed by atoms with E-state index in [1.807, 2.05) is 0 Å². The van der Waals surface area contributed by atoms with Gasteiger partial charge < -0.3 is 15.8 Å². The second kappa shape index (κ2) is 9.34. The fourth-order valence-corrected chi connectivity index (χ4v) is 2.01. The van der Waals surface area contributed by atoms with E-state index in [4.69, 9.17) is 10.5 Å². The molecule has 17 heavy (non-hydrogen) atoms. The van der Waals surface area contributed by atoms with Crippen LogP contribution in [-0.4, -0.2) is 52.9 Å². The van der Waals surface area contributed by atoms with Gasteiger partial charge in [0.1, 0.15) is 0 Å². The number of nitrogens with two attached hydrogens (primary N) is 1. The minimum atomic E-state index is -3.27. The maximum atomic E-state index is 11.2. The highest BCUT2D eigenvalue weighted by atomic mass is 32.2. The molecular formula is C9H21N3O4S. The van der Waals surface area contributed by atoms with Gasteiger partial charge in [-0.2, -0.15) is 0 Å². The van der Waals surface area contributed by atoms with E-state index in [0.717, 1.165) is 0 Å². The highest BCUT2D eigenvalue weighted by Crippen LogP contribution is 1.85. The number of nitrogens with one attached hydrogen (secondary N) is 2. The molecule has 0 aromatic heterocycles. The quantitative estimate of drug-likeness (QED) is 0.413. The summed E-state index contributed by atoms with van der Waals surface area (Å²) in [5.74, 6) is -0.343. The Kier molecular flexibility index (Phi) is 8.96. The number of ether oxygens (including phenoxy) is 1. The SMILES string of the molecule is CCNS(=O)(=O)CCNC(=O)CCOCCN. The van der Waals surface area contributed by atoms with Crippen molar-refractivity contribution in [2.24, 2.45) is 5.73 Å². The Morgan fingerprint density at radius 1 is 1.35 bits per heavy atom. The Balaban J connectivity index is 3.57. The minimum absolute atomic E-state index is 0.102. The lowest BCUT2D eigenvalue weighted by atomic mass is 10.4. The van der Waals surface area contributed by atoms with Crippen LogP contribution in [-0.2, 0) is 19.6 Å². The fourth-order valence-electron chi connectivity index (χ4n) is 1.06. The molecule has 0 aliphatic rings. The third-order valence-electron chi connectivity index (χ3n) is 1.79. The molecule has 0 saturated carbocycles. The van der Waals surface area contributed by atoms with Crippen LogP contribution in [0.5, 0.6) is 0 Å². The van der Waals surface area contributed by atoms with Crippen molar-refractivity contribution in [3.8, 4) is 0 Å². The Bertz CT molecular complexity index is 305. The average molecular weight is 267 g/mol. The molecule has 0 aliphatic carbocycles. The van der Waals surface area contributed by atoms with Crippen LogP contribution in [0.4, 0.5) is 0 Å². The maximum Gasteiger partial charge on any atom is 0.222 e. The second-order valence-electron chi connectivity index (χ2n) is 3.32. The number of sulfonamides is 1. The molecule has 0 aromatic rings. The molecule has 0 aliphatic heterocycles. The number of hydrogen-bond donors (Lipinski definition) is 3. The van der Waals surface area contributed by atoms with Gasteiger partial charge in [0.2, 0.25) is 15.9 Å². The standard InChI is InChI=1S/C9H21N3O4S/c1-2-12-17(14,15)8-5-11-9(13)3-6-16-7-4-10/h12H,2-8,10H2,1H3,(H,11,13). The summed E-state index contributed by atoms with van der Waals surface area (Å²) in [6.07, 6.45) is 0.210. The monoisotopic (exact) mass is 267 g/mol. The van der Waals surface area contributed by atoms with E-state index >= 15 is 0 Å². The zero-order chi connectivity index (χ0) is 13.1. The predicted molar refractivity (Wildman–Crippen MR) is 65.0 cm³/mol. The molecule has 102 valence electrons. The topological polar surface area (TPSA) is 111 Å². The van der Waals surface area contributed by atoms with E-state index in [1.54, 1.807) is 6.92 Å². The zero-order valence-corrected chi connectivity index (χ0v) is 10.9. The van der Waals surface area contributed by atoms with Crippen molar-refractivity contribution in [1.29, 1.82) is 0 Å². The summed E-state index contributed by atoms with van der Waals surface area (Å²) in [6, 6.07) is 0. The molecule has 0 spiro atoms. The van der Waals surface area contributed by atoms with Crippen LogP contribution in [0.3, 0.4) is 0 Å². The van der Waals surface area contributed by atoms with Gasteiger partial charge in [0.05, 0.1) is 19.0 Å². The lowest BCUT2D eigenvalue weighted by Gasteiger charge is -2.06. The van der Waals surface area contributed by atoms with Gasteiger partial charge in [-0.05, 0) is 0 Å². The van der Waals surface area contributed by atoms with Gasteiger partial charge in [-0.25, -0.2) is 13.1 Å². The average Bonchev–Trinajstić information content (AvgIpc) is 2.24. The smallest absolute Gasteiger partial charge is 0.222 e. The molecule has 4 N–H and O–H groups in total. The fraction of sp³-hybridized carbons (Fsp3) is 0.889. The maximum absolute atomic E-state index is 11.2. The van der Waals surface area contributed by atoms with Crippen molar-refractivity contribution in [3.05, 3.63) is 0 Å². The van der Waals surface area contributed by atoms with Crippen LogP contribution in [0.25, 0.3) is 0 Å². The van der Waals surface area contributed by atoms with Gasteiger partial charge >= 0.3 is 0 Å². The molecule has 8 heteroatoms. The first-order valence-electron chi connectivity index (χ1n) is 5.53. The summed E-state index contributed by atoms with van der Waals surface area (Å²) < 4.78 is 29.8. The third kappa shape index (κ3) is 10.2. The normalized spacial score (nSPS) is 11.4. The number of rotatable bonds is 10. The van der Waals surface area contributed by atoms with Gasteiger partial charge in [0, 0.05) is 26.1 Å². The molecule has 0 fully saturated rings. The first kappa shape index (κ1) is 16.3. The van der Waals surface area contributed by atoms with Crippen molar-refractivity contribution >= 4 is 15.9 Å². The molecule has 0 bridgehead atoms. The van der Waals surface area contributed by atoms with E-state index in [9.17, 15) is 13.2 Å². The van der Waals surface area contributed by atoms with Crippen LogP contribution < -0.4 is 15.8 Å². The summed E-state index contributed by atoms with van der Waals surface area (Å²) >= 11 is 0. The Hall–Kier alpha value is -0.700. The molecule has 0 heterocycles. The van der Waals surface area contributed by atoms with Crippen molar-refractivity contribution in [3.63, 3.8) is 0 Å². The lowest BCUT2D eigenvalue weighted by Crippen LogP contribution is -2.34. The summed E-state index contributed by atoms with van der Waals surface area (Å²) in [5.41, 5.74) is 5.20. The molecule has 0 saturated heterocycles. The molecule has 1 amide bonds. The molecular weight excluding hydrogens is 246 g/mol. The van der Waals surface area contributed by atoms with Crippen LogP contribution >= 0.6 is 0 Å². The second-order valence-corrected chi connectivity index (χ2v) is 5.24. The van der Waals surface area contributed by atoms with Gasteiger partial charge in [-0.1, -0.05) is 6.92 Å². The molecule has 0 aromatic carbocycles. The summed E-state index contributed by atoms with van der Waals surface area (Å²) in [6.45, 7) is 3.28. The van der Waals surface area contributed by atoms with Crippen LogP contribution in [0.2, 0.25) is 0 Å². The highest BCUT2D eigenvalue weighted by molar-refractivity contribution is 7.89. The summed E-state index contributed by atoms with van der Waals surface area (Å²) in [5, 5.41) is 2.50. The van der Waals surface area contributed by atoms with Gasteiger partial charge in [0.15, 0.2) is 0 Å². The van der Waals surface area contributed by atoms with Crippen molar-refractivity contribution in [2.45, 2.75) is 13.3 Å². The van der Waals surface area contributed by atoms with Crippen molar-refractivity contribution in [1.82, 2.24) is 10.0 Å². The first-order valence-corrected chi connectivity index (χ1v) is 7.19. The Morgan fingerprint density at radius 2 is 2.06 bits per heavy atom. The molecule has 0 unspecified atom stereocenters. The van der Waals surface area contributed by atoms with E-state index in [2.05, 4.69) is 10.0 Å². The molecule has 0 rings (SSSR count). The number of carbonyl (C=O) groups excluding carboxylic acids is 1. The van der Waals surface area contributed by atoms with Crippen LogP contribution in [0.1, 0.15) is 13.3 Å². The first-order chi connectivity index (χ1) is 8.02. The highest BCUT2D eigenvalue weighted by Gasteiger charge is 2.08. The van der Waals surface area contributed by atoms with Gasteiger partial charge in [-0.3, -0.25) is 4.79 Å². The Labute approximate surface area is 102 Å². The van der Waals surface area contributed by atoms with Gasteiger partial charge in [-0.15, -0.1) is 0 Å². The van der Waals surface area contributed by atoms with E-state index in [-0.39, 0.29) is 24.6 Å². The number of carbonyl (C=O) groups is 1. The third-order valence-corrected chi connectivity index (χ3v) is 3.26. The van der Waals surface area contributed by atoms with Crippen molar-refractivity contribution < 1.29 is 17.9 Å². The minimum Gasteiger partial charge on any atom is -0.380 e. The predicted octanol–water partition coefficient (Wildman–Crippen LogP) is -1.59. The molecule has 0 atom stereocenters. The molecule has 7 nitrogen and oxygen atoms in total. The van der Waals surface area contributed by atoms with Crippen LogP contribution in [0.15, 0.2) is 0 Å². The molecule has 0 radical (unpaired) electrons. The summed E-state index contributed by atoms with van der Waals surface area (Å²) in [7, 11) is -3.27. The van der Waals surface area contributed by atoms with E-state index in [1.165, 1.54) is 0 Å². The van der Waals surface area contributed by atoms with E-state index < -0.39 is 10.0 Å². The van der Waals surface area contributed by atoms with Gasteiger partial charge in [0.25, 0.3) is 0 Å². The van der Waals surface area contributed by atoms with Crippen LogP contribution in [0, 0.1) is 0 Å². The number of hydrogen-bond acceptors (Lipinski definition) is 5. The largest absolute Gasteiger partial charge is 0.380 e.